The van der Waals surface area contributed by atoms with Crippen molar-refractivity contribution in [1.29, 1.82) is 0 Å². The molecule has 1 rings (SSSR count). The van der Waals surface area contributed by atoms with Gasteiger partial charge in [-0.1, -0.05) is 37.4 Å². The second kappa shape index (κ2) is 5.28. The van der Waals surface area contributed by atoms with Crippen molar-refractivity contribution in [2.75, 3.05) is 6.54 Å². The molecule has 0 atom stereocenters. The maximum Gasteiger partial charge on any atom is 0.223 e. The van der Waals surface area contributed by atoms with Crippen LogP contribution in [0, 0.1) is 5.92 Å². The molecule has 1 aliphatic carbocycles. The van der Waals surface area contributed by atoms with Gasteiger partial charge >= 0.3 is 0 Å². The first-order valence-electron chi connectivity index (χ1n) is 4.81. The summed E-state index contributed by atoms with van der Waals surface area (Å²) in [5, 5.41) is 3.27. The molecule has 0 aromatic heterocycles. The van der Waals surface area contributed by atoms with Gasteiger partial charge in [0.1, 0.15) is 0 Å². The Bertz CT molecular complexity index is 197. The Morgan fingerprint density at radius 3 is 2.54 bits per heavy atom. The zero-order valence-corrected chi connectivity index (χ0v) is 8.57. The van der Waals surface area contributed by atoms with Crippen LogP contribution in [0.25, 0.3) is 0 Å². The van der Waals surface area contributed by atoms with Crippen LogP contribution in [0.4, 0.5) is 0 Å². The molecule has 1 aliphatic rings. The highest BCUT2D eigenvalue weighted by Gasteiger charge is 2.20. The molecule has 0 bridgehead atoms. The zero-order chi connectivity index (χ0) is 9.68. The molecule has 1 amide bonds. The number of hydrogen-bond acceptors (Lipinski definition) is 1. The van der Waals surface area contributed by atoms with Gasteiger partial charge in [-0.25, -0.2) is 0 Å². The number of rotatable bonds is 3. The second-order valence-corrected chi connectivity index (χ2v) is 4.10. The van der Waals surface area contributed by atoms with E-state index < -0.39 is 0 Å². The largest absolute Gasteiger partial charge is 0.351 e. The van der Waals surface area contributed by atoms with Crippen molar-refractivity contribution in [3.63, 3.8) is 0 Å². The van der Waals surface area contributed by atoms with Crippen molar-refractivity contribution < 1.29 is 4.79 Å². The lowest BCUT2D eigenvalue weighted by molar-refractivity contribution is -0.125. The highest BCUT2D eigenvalue weighted by Crippen LogP contribution is 2.23. The Kier molecular flexibility index (Phi) is 4.29. The lowest BCUT2D eigenvalue weighted by Gasteiger charge is -2.20. The summed E-state index contributed by atoms with van der Waals surface area (Å²) in [6, 6.07) is 0. The molecule has 13 heavy (non-hydrogen) atoms. The molecule has 1 N–H and O–H groups in total. The van der Waals surface area contributed by atoms with Gasteiger partial charge in [-0.05, 0) is 12.8 Å². The molecule has 0 radical (unpaired) electrons. The fraction of sp³-hybridized carbons (Fsp3) is 0.700. The fourth-order valence-electron chi connectivity index (χ4n) is 1.69. The van der Waals surface area contributed by atoms with Gasteiger partial charge in [0.2, 0.25) is 5.91 Å². The van der Waals surface area contributed by atoms with E-state index in [4.69, 9.17) is 11.6 Å². The van der Waals surface area contributed by atoms with E-state index in [1.54, 1.807) is 0 Å². The highest BCUT2D eigenvalue weighted by atomic mass is 35.5. The van der Waals surface area contributed by atoms with E-state index >= 15 is 0 Å². The zero-order valence-electron chi connectivity index (χ0n) is 7.81. The summed E-state index contributed by atoms with van der Waals surface area (Å²) in [6.07, 6.45) is 5.69. The number of halogens is 1. The lowest BCUT2D eigenvalue weighted by atomic mass is 9.89. The maximum absolute atomic E-state index is 11.5. The fourth-order valence-corrected chi connectivity index (χ4v) is 1.76. The monoisotopic (exact) mass is 201 g/mol. The molecular weight excluding hydrogens is 186 g/mol. The van der Waals surface area contributed by atoms with E-state index in [-0.39, 0.29) is 11.8 Å². The van der Waals surface area contributed by atoms with Gasteiger partial charge in [-0.3, -0.25) is 4.79 Å². The molecule has 3 heteroatoms. The molecule has 1 saturated carbocycles. The average molecular weight is 202 g/mol. The second-order valence-electron chi connectivity index (χ2n) is 3.57. The van der Waals surface area contributed by atoms with Crippen LogP contribution in [-0.4, -0.2) is 12.5 Å². The van der Waals surface area contributed by atoms with E-state index in [0.717, 1.165) is 12.8 Å². The molecule has 0 aromatic carbocycles. The molecular formula is C10H16ClNO. The van der Waals surface area contributed by atoms with E-state index in [1.165, 1.54) is 19.3 Å². The normalized spacial score (nSPS) is 18.2. The predicted molar refractivity (Wildman–Crippen MR) is 54.6 cm³/mol. The van der Waals surface area contributed by atoms with Gasteiger partial charge in [-0.2, -0.15) is 0 Å². The number of nitrogens with one attached hydrogen (secondary N) is 1. The smallest absolute Gasteiger partial charge is 0.223 e. The Labute approximate surface area is 84.3 Å². The Morgan fingerprint density at radius 1 is 1.38 bits per heavy atom. The van der Waals surface area contributed by atoms with Gasteiger partial charge in [0.05, 0.1) is 6.54 Å². The SMILES string of the molecule is C=C(Cl)CNC(=O)C1CCCCC1. The molecule has 0 aromatic rings. The average Bonchev–Trinajstić information content (AvgIpc) is 2.15. The Balaban J connectivity index is 2.25. The molecule has 0 unspecified atom stereocenters. The number of carbonyl (C=O) groups excluding carboxylic acids is 1. The number of hydrogen-bond donors (Lipinski definition) is 1. The summed E-state index contributed by atoms with van der Waals surface area (Å²) in [7, 11) is 0. The van der Waals surface area contributed by atoms with Crippen molar-refractivity contribution in [3.05, 3.63) is 11.6 Å². The van der Waals surface area contributed by atoms with E-state index in [9.17, 15) is 4.79 Å². The quantitative estimate of drug-likeness (QED) is 0.747. The Hall–Kier alpha value is -0.500. The topological polar surface area (TPSA) is 29.1 Å². The van der Waals surface area contributed by atoms with Crippen molar-refractivity contribution in [2.45, 2.75) is 32.1 Å². The van der Waals surface area contributed by atoms with Crippen LogP contribution in [0.1, 0.15) is 32.1 Å². The minimum absolute atomic E-state index is 0.140. The first-order chi connectivity index (χ1) is 6.20. The number of amides is 1. The van der Waals surface area contributed by atoms with Crippen LogP contribution < -0.4 is 5.32 Å². The molecule has 0 spiro atoms. The van der Waals surface area contributed by atoms with Crippen molar-refractivity contribution in [3.8, 4) is 0 Å². The van der Waals surface area contributed by atoms with Crippen LogP contribution in [0.15, 0.2) is 11.6 Å². The van der Waals surface area contributed by atoms with Crippen LogP contribution >= 0.6 is 11.6 Å². The first-order valence-corrected chi connectivity index (χ1v) is 5.19. The van der Waals surface area contributed by atoms with E-state index in [0.29, 0.717) is 11.6 Å². The lowest BCUT2D eigenvalue weighted by Crippen LogP contribution is -2.32. The molecule has 0 aliphatic heterocycles. The third-order valence-electron chi connectivity index (χ3n) is 2.43. The maximum atomic E-state index is 11.5. The summed E-state index contributed by atoms with van der Waals surface area (Å²) in [5.74, 6) is 0.353. The third kappa shape index (κ3) is 3.81. The summed E-state index contributed by atoms with van der Waals surface area (Å²) < 4.78 is 0. The molecule has 0 heterocycles. The van der Waals surface area contributed by atoms with E-state index in [2.05, 4.69) is 11.9 Å². The van der Waals surface area contributed by atoms with Crippen molar-refractivity contribution >= 4 is 17.5 Å². The summed E-state index contributed by atoms with van der Waals surface area (Å²) in [5.41, 5.74) is 0. The van der Waals surface area contributed by atoms with Crippen LogP contribution in [0.2, 0.25) is 0 Å². The molecule has 2 nitrogen and oxygen atoms in total. The highest BCUT2D eigenvalue weighted by molar-refractivity contribution is 6.29. The minimum Gasteiger partial charge on any atom is -0.351 e. The summed E-state index contributed by atoms with van der Waals surface area (Å²) in [6.45, 7) is 3.92. The predicted octanol–water partition coefficient (Wildman–Crippen LogP) is 2.44. The van der Waals surface area contributed by atoms with Crippen molar-refractivity contribution in [1.82, 2.24) is 5.32 Å². The van der Waals surface area contributed by atoms with Gasteiger partial charge in [0, 0.05) is 11.0 Å². The molecule has 74 valence electrons. The van der Waals surface area contributed by atoms with Crippen molar-refractivity contribution in [2.24, 2.45) is 5.92 Å². The molecule has 1 fully saturated rings. The van der Waals surface area contributed by atoms with Crippen LogP contribution in [0.5, 0.6) is 0 Å². The van der Waals surface area contributed by atoms with Gasteiger partial charge < -0.3 is 5.32 Å². The minimum atomic E-state index is 0.140. The third-order valence-corrected chi connectivity index (χ3v) is 2.56. The van der Waals surface area contributed by atoms with Crippen LogP contribution in [0.3, 0.4) is 0 Å². The van der Waals surface area contributed by atoms with Gasteiger partial charge in [0.15, 0.2) is 0 Å². The van der Waals surface area contributed by atoms with E-state index in [1.807, 2.05) is 0 Å². The van der Waals surface area contributed by atoms with Crippen LogP contribution in [-0.2, 0) is 4.79 Å². The number of carbonyl (C=O) groups is 1. The Morgan fingerprint density at radius 2 is 2.00 bits per heavy atom. The van der Waals surface area contributed by atoms with Gasteiger partial charge in [-0.15, -0.1) is 0 Å². The van der Waals surface area contributed by atoms with Gasteiger partial charge in [0.25, 0.3) is 0 Å². The molecule has 0 saturated heterocycles. The summed E-state index contributed by atoms with van der Waals surface area (Å²) >= 11 is 5.55. The first kappa shape index (κ1) is 10.6. The summed E-state index contributed by atoms with van der Waals surface area (Å²) in [4.78, 5) is 11.5. The standard InChI is InChI=1S/C10H16ClNO/c1-8(11)7-12-10(13)9-5-3-2-4-6-9/h9H,1-7H2,(H,12,13).